The summed E-state index contributed by atoms with van der Waals surface area (Å²) in [6.45, 7) is 0. The van der Waals surface area contributed by atoms with Crippen molar-refractivity contribution < 1.29 is 0 Å². The fourth-order valence-electron chi connectivity index (χ4n) is 0.866. The molecule has 3 heteroatoms. The molecule has 0 aliphatic carbocycles. The van der Waals surface area contributed by atoms with Crippen LogP contribution < -0.4 is 0 Å². The zero-order valence-corrected chi connectivity index (χ0v) is 6.08. The number of nitrogens with zero attached hydrogens (tertiary/aromatic N) is 2. The third-order valence-corrected chi connectivity index (χ3v) is 1.31. The first-order valence-corrected chi connectivity index (χ1v) is 2.85. The van der Waals surface area contributed by atoms with Gasteiger partial charge in [0.15, 0.2) is 0 Å². The van der Waals surface area contributed by atoms with Gasteiger partial charge in [-0.25, -0.2) is 4.52 Å². The molecular weight excluding hydrogens is 148 g/mol. The predicted octanol–water partition coefficient (Wildman–Crippen LogP) is 1.76. The van der Waals surface area contributed by atoms with E-state index in [1.807, 2.05) is 35.0 Å². The molecular formula is C7H7ClN2. The molecule has 0 aromatic carbocycles. The van der Waals surface area contributed by atoms with Crippen molar-refractivity contribution in [2.75, 3.05) is 0 Å². The molecule has 10 heavy (non-hydrogen) atoms. The van der Waals surface area contributed by atoms with E-state index in [1.165, 1.54) is 0 Å². The lowest BCUT2D eigenvalue weighted by atomic mass is 10.4. The van der Waals surface area contributed by atoms with E-state index in [4.69, 9.17) is 0 Å². The van der Waals surface area contributed by atoms with Gasteiger partial charge < -0.3 is 0 Å². The Bertz CT molecular complexity index is 286. The molecule has 52 valence electrons. The Morgan fingerprint density at radius 3 is 2.90 bits per heavy atom. The Morgan fingerprint density at radius 2 is 2.10 bits per heavy atom. The SMILES string of the molecule is Cl.c1ccn2nccc2c1. The molecule has 0 fully saturated rings. The van der Waals surface area contributed by atoms with Crippen LogP contribution in [0.5, 0.6) is 0 Å². The first-order chi connectivity index (χ1) is 4.47. The normalized spacial score (nSPS) is 9.20. The highest BCUT2D eigenvalue weighted by Gasteiger charge is 1.85. The van der Waals surface area contributed by atoms with Gasteiger partial charge >= 0.3 is 0 Å². The Hall–Kier alpha value is -1.02. The van der Waals surface area contributed by atoms with E-state index < -0.39 is 0 Å². The lowest BCUT2D eigenvalue weighted by Gasteiger charge is -1.86. The quantitative estimate of drug-likeness (QED) is 0.565. The molecule has 0 spiro atoms. The molecule has 2 aromatic rings. The minimum absolute atomic E-state index is 0. The topological polar surface area (TPSA) is 17.3 Å². The second-order valence-corrected chi connectivity index (χ2v) is 1.90. The number of fused-ring (bicyclic) bond motifs is 1. The molecule has 0 aliphatic rings. The summed E-state index contributed by atoms with van der Waals surface area (Å²) < 4.78 is 1.83. The minimum atomic E-state index is 0. The van der Waals surface area contributed by atoms with Gasteiger partial charge in [0.25, 0.3) is 0 Å². The van der Waals surface area contributed by atoms with Crippen LogP contribution in [0.2, 0.25) is 0 Å². The number of pyridine rings is 1. The van der Waals surface area contributed by atoms with Crippen molar-refractivity contribution in [3.05, 3.63) is 36.7 Å². The van der Waals surface area contributed by atoms with Crippen molar-refractivity contribution in [3.8, 4) is 0 Å². The number of aromatic nitrogens is 2. The molecule has 2 heterocycles. The maximum atomic E-state index is 4.04. The van der Waals surface area contributed by atoms with Crippen molar-refractivity contribution in [2.24, 2.45) is 0 Å². The van der Waals surface area contributed by atoms with Crippen LogP contribution in [0.15, 0.2) is 36.7 Å². The van der Waals surface area contributed by atoms with Crippen molar-refractivity contribution in [1.29, 1.82) is 0 Å². The summed E-state index contributed by atoms with van der Waals surface area (Å²) in [5.41, 5.74) is 1.14. The summed E-state index contributed by atoms with van der Waals surface area (Å²) in [4.78, 5) is 0. The van der Waals surface area contributed by atoms with Crippen LogP contribution >= 0.6 is 12.4 Å². The van der Waals surface area contributed by atoms with Crippen LogP contribution in [0.3, 0.4) is 0 Å². The van der Waals surface area contributed by atoms with E-state index in [0.717, 1.165) is 5.52 Å². The number of hydrogen-bond acceptors (Lipinski definition) is 1. The molecule has 2 rings (SSSR count). The molecule has 0 unspecified atom stereocenters. The van der Waals surface area contributed by atoms with Gasteiger partial charge in [-0.05, 0) is 18.2 Å². The van der Waals surface area contributed by atoms with Gasteiger partial charge in [0.05, 0.1) is 5.52 Å². The Labute approximate surface area is 64.9 Å². The monoisotopic (exact) mass is 154 g/mol. The van der Waals surface area contributed by atoms with Gasteiger partial charge in [-0.1, -0.05) is 6.07 Å². The average Bonchev–Trinajstić information content (AvgIpc) is 2.33. The third kappa shape index (κ3) is 0.977. The van der Waals surface area contributed by atoms with Crippen LogP contribution in [0.1, 0.15) is 0 Å². The number of hydrogen-bond donors (Lipinski definition) is 0. The van der Waals surface area contributed by atoms with Crippen molar-refractivity contribution in [3.63, 3.8) is 0 Å². The van der Waals surface area contributed by atoms with Gasteiger partial charge in [-0.15, -0.1) is 12.4 Å². The van der Waals surface area contributed by atoms with Crippen LogP contribution in [-0.2, 0) is 0 Å². The summed E-state index contributed by atoms with van der Waals surface area (Å²) in [6.07, 6.45) is 3.71. The summed E-state index contributed by atoms with van der Waals surface area (Å²) in [6, 6.07) is 7.95. The highest BCUT2D eigenvalue weighted by molar-refractivity contribution is 5.85. The van der Waals surface area contributed by atoms with Gasteiger partial charge in [-0.3, -0.25) is 0 Å². The number of halogens is 1. The molecule has 2 nitrogen and oxygen atoms in total. The summed E-state index contributed by atoms with van der Waals surface area (Å²) in [5.74, 6) is 0. The molecule has 0 bridgehead atoms. The van der Waals surface area contributed by atoms with Gasteiger partial charge in [0, 0.05) is 12.4 Å². The van der Waals surface area contributed by atoms with Crippen LogP contribution in [0.25, 0.3) is 5.52 Å². The maximum absolute atomic E-state index is 4.04. The van der Waals surface area contributed by atoms with Crippen molar-refractivity contribution >= 4 is 17.9 Å². The van der Waals surface area contributed by atoms with E-state index in [1.54, 1.807) is 6.20 Å². The van der Waals surface area contributed by atoms with E-state index in [2.05, 4.69) is 5.10 Å². The average molecular weight is 155 g/mol. The van der Waals surface area contributed by atoms with E-state index >= 15 is 0 Å². The van der Waals surface area contributed by atoms with E-state index in [0.29, 0.717) is 0 Å². The standard InChI is InChI=1S/C7H6N2.ClH/c1-2-6-9-7(3-1)4-5-8-9;/h1-6H;1H. The fourth-order valence-corrected chi connectivity index (χ4v) is 0.866. The Balaban J connectivity index is 0.000000500. The molecule has 0 aliphatic heterocycles. The van der Waals surface area contributed by atoms with Gasteiger partial charge in [-0.2, -0.15) is 5.10 Å². The summed E-state index contributed by atoms with van der Waals surface area (Å²) in [5, 5.41) is 4.04. The lowest BCUT2D eigenvalue weighted by molar-refractivity contribution is 0.961. The van der Waals surface area contributed by atoms with Gasteiger partial charge in [0.1, 0.15) is 0 Å². The van der Waals surface area contributed by atoms with Gasteiger partial charge in [0.2, 0.25) is 0 Å². The van der Waals surface area contributed by atoms with E-state index in [-0.39, 0.29) is 12.4 Å². The molecule has 0 atom stereocenters. The maximum Gasteiger partial charge on any atom is 0.0661 e. The molecule has 0 saturated heterocycles. The third-order valence-electron chi connectivity index (χ3n) is 1.31. The fraction of sp³-hybridized carbons (Fsp3) is 0. The zero-order chi connectivity index (χ0) is 6.10. The molecule has 0 N–H and O–H groups in total. The first kappa shape index (κ1) is 7.09. The van der Waals surface area contributed by atoms with Crippen LogP contribution in [0, 0.1) is 0 Å². The molecule has 0 amide bonds. The Kier molecular flexibility index (Phi) is 1.92. The lowest BCUT2D eigenvalue weighted by Crippen LogP contribution is -1.81. The van der Waals surface area contributed by atoms with Crippen molar-refractivity contribution in [2.45, 2.75) is 0 Å². The molecule has 2 aromatic heterocycles. The smallest absolute Gasteiger partial charge is 0.0661 e. The van der Waals surface area contributed by atoms with Crippen LogP contribution in [0.4, 0.5) is 0 Å². The summed E-state index contributed by atoms with van der Waals surface area (Å²) >= 11 is 0. The zero-order valence-electron chi connectivity index (χ0n) is 5.27. The predicted molar refractivity (Wildman–Crippen MR) is 42.4 cm³/mol. The minimum Gasteiger partial charge on any atom is -0.241 e. The summed E-state index contributed by atoms with van der Waals surface area (Å²) in [7, 11) is 0. The van der Waals surface area contributed by atoms with Crippen molar-refractivity contribution in [1.82, 2.24) is 9.61 Å². The Morgan fingerprint density at radius 1 is 1.20 bits per heavy atom. The molecule has 0 radical (unpaired) electrons. The molecule has 0 saturated carbocycles. The highest BCUT2D eigenvalue weighted by Crippen LogP contribution is 1.98. The second kappa shape index (κ2) is 2.71. The first-order valence-electron chi connectivity index (χ1n) is 2.85. The largest absolute Gasteiger partial charge is 0.241 e. The number of rotatable bonds is 0. The van der Waals surface area contributed by atoms with Crippen LogP contribution in [-0.4, -0.2) is 9.61 Å². The second-order valence-electron chi connectivity index (χ2n) is 1.90. The highest BCUT2D eigenvalue weighted by atomic mass is 35.5. The van der Waals surface area contributed by atoms with E-state index in [9.17, 15) is 0 Å².